The molecule has 2 aromatic heterocycles. The van der Waals surface area contributed by atoms with E-state index in [2.05, 4.69) is 105 Å². The van der Waals surface area contributed by atoms with Gasteiger partial charge < -0.3 is 15.7 Å². The van der Waals surface area contributed by atoms with Gasteiger partial charge in [-0.3, -0.25) is 4.79 Å². The van der Waals surface area contributed by atoms with Crippen molar-refractivity contribution in [1.82, 2.24) is 51.0 Å². The quantitative estimate of drug-likeness (QED) is 0.0893. The van der Waals surface area contributed by atoms with Crippen molar-refractivity contribution in [2.24, 2.45) is 11.8 Å². The van der Waals surface area contributed by atoms with Crippen molar-refractivity contribution in [3.63, 3.8) is 0 Å². The number of rotatable bonds is 15. The summed E-state index contributed by atoms with van der Waals surface area (Å²) < 4.78 is 0. The maximum absolute atomic E-state index is 11.3. The highest BCUT2D eigenvalue weighted by Crippen LogP contribution is 2.20. The molecular formula is C40H48N10O2S2. The lowest BCUT2D eigenvalue weighted by atomic mass is 10.0. The van der Waals surface area contributed by atoms with Crippen molar-refractivity contribution in [1.29, 1.82) is 0 Å². The van der Waals surface area contributed by atoms with Gasteiger partial charge in [-0.15, -0.1) is 53.5 Å². The first-order valence-corrected chi connectivity index (χ1v) is 20.3. The summed E-state index contributed by atoms with van der Waals surface area (Å²) in [5.41, 5.74) is 5.83. The summed E-state index contributed by atoms with van der Waals surface area (Å²) in [6.07, 6.45) is 4.09. The van der Waals surface area contributed by atoms with Crippen molar-refractivity contribution >= 4 is 29.5 Å². The molecule has 282 valence electrons. The van der Waals surface area contributed by atoms with Gasteiger partial charge in [0, 0.05) is 40.0 Å². The molecule has 2 atom stereocenters. The predicted molar refractivity (Wildman–Crippen MR) is 217 cm³/mol. The molecule has 0 aliphatic heterocycles. The monoisotopic (exact) mass is 764 g/mol. The fourth-order valence-electron chi connectivity index (χ4n) is 5.20. The Morgan fingerprint density at radius 3 is 1.37 bits per heavy atom. The van der Waals surface area contributed by atoms with Gasteiger partial charge in [0.2, 0.25) is 11.6 Å². The van der Waals surface area contributed by atoms with Gasteiger partial charge in [0.25, 0.3) is 0 Å². The van der Waals surface area contributed by atoms with Crippen LogP contribution in [0.1, 0.15) is 45.7 Å². The lowest BCUT2D eigenvalue weighted by Gasteiger charge is -2.17. The molecule has 0 spiro atoms. The fourth-order valence-corrected chi connectivity index (χ4v) is 6.02. The van der Waals surface area contributed by atoms with Gasteiger partial charge in [0.1, 0.15) is 6.04 Å². The Morgan fingerprint density at radius 1 is 0.611 bits per heavy atom. The van der Waals surface area contributed by atoms with Crippen molar-refractivity contribution in [3.05, 3.63) is 108 Å². The molecule has 0 aliphatic rings. The average Bonchev–Trinajstić information content (AvgIpc) is 3.89. The minimum atomic E-state index is -0.835. The Balaban J connectivity index is 0.000000208. The number of aliphatic carboxylic acids is 1. The molecule has 14 heteroatoms. The lowest BCUT2D eigenvalue weighted by molar-refractivity contribution is -0.140. The summed E-state index contributed by atoms with van der Waals surface area (Å²) in [6.45, 7) is 11.8. The Morgan fingerprint density at radius 2 is 1.02 bits per heavy atom. The summed E-state index contributed by atoms with van der Waals surface area (Å²) in [6, 6.07) is 32.0. The van der Waals surface area contributed by atoms with Crippen LogP contribution in [0.5, 0.6) is 0 Å². The van der Waals surface area contributed by atoms with Crippen molar-refractivity contribution in [2.75, 3.05) is 12.5 Å². The minimum absolute atomic E-state index is 0.0148. The van der Waals surface area contributed by atoms with Crippen LogP contribution in [0.4, 0.5) is 0 Å². The molecule has 54 heavy (non-hydrogen) atoms. The van der Waals surface area contributed by atoms with Gasteiger partial charge in [-0.25, -0.2) is 0 Å². The molecule has 0 aliphatic carbocycles. The van der Waals surface area contributed by atoms with Crippen LogP contribution in [0, 0.1) is 11.8 Å². The Kier molecular flexibility index (Phi) is 14.5. The maximum Gasteiger partial charge on any atom is 0.320 e. The molecule has 6 aromatic rings. The summed E-state index contributed by atoms with van der Waals surface area (Å²) in [5, 5.41) is 41.5. The number of aromatic nitrogens is 8. The molecule has 12 nitrogen and oxygen atoms in total. The number of tetrazole rings is 2. The zero-order valence-electron chi connectivity index (χ0n) is 31.7. The van der Waals surface area contributed by atoms with Crippen LogP contribution in [0.2, 0.25) is 0 Å². The summed E-state index contributed by atoms with van der Waals surface area (Å²) in [5.74, 6) is 0.977. The molecule has 2 heterocycles. The number of carboxylic acids is 1. The first-order chi connectivity index (χ1) is 26.0. The van der Waals surface area contributed by atoms with E-state index in [4.69, 9.17) is 0 Å². The van der Waals surface area contributed by atoms with Gasteiger partial charge in [-0.2, -0.15) is 0 Å². The molecule has 0 fully saturated rings. The lowest BCUT2D eigenvalue weighted by Crippen LogP contribution is -2.40. The van der Waals surface area contributed by atoms with E-state index >= 15 is 0 Å². The van der Waals surface area contributed by atoms with Gasteiger partial charge >= 0.3 is 5.97 Å². The number of carbonyl (C=O) groups is 1. The number of nitrogens with one attached hydrogen (secondary N) is 2. The van der Waals surface area contributed by atoms with Crippen LogP contribution in [0.15, 0.2) is 107 Å². The summed E-state index contributed by atoms with van der Waals surface area (Å²) in [7, 11) is 0. The number of thioether (sulfide) groups is 2. The zero-order valence-corrected chi connectivity index (χ0v) is 33.3. The third kappa shape index (κ3) is 11.1. The molecule has 0 amide bonds. The van der Waals surface area contributed by atoms with E-state index in [-0.39, 0.29) is 5.92 Å². The summed E-state index contributed by atoms with van der Waals surface area (Å²) >= 11 is 3.39. The van der Waals surface area contributed by atoms with Gasteiger partial charge in [0.15, 0.2) is 0 Å². The number of benzene rings is 4. The highest BCUT2D eigenvalue weighted by atomic mass is 32.2. The van der Waals surface area contributed by atoms with E-state index in [0.717, 1.165) is 34.6 Å². The van der Waals surface area contributed by atoms with Crippen LogP contribution < -0.4 is 10.6 Å². The van der Waals surface area contributed by atoms with E-state index in [1.54, 1.807) is 28.3 Å². The maximum atomic E-state index is 11.3. The second-order valence-corrected chi connectivity index (χ2v) is 15.2. The van der Waals surface area contributed by atoms with Crippen LogP contribution in [-0.2, 0) is 17.9 Å². The minimum Gasteiger partial charge on any atom is -0.480 e. The molecule has 6 rings (SSSR count). The number of hydrogen-bond donors (Lipinski definition) is 3. The third-order valence-corrected chi connectivity index (χ3v) is 10.4. The normalized spacial score (nSPS) is 12.4. The molecule has 2 unspecified atom stereocenters. The third-order valence-electron chi connectivity index (χ3n) is 8.95. The molecule has 0 bridgehead atoms. The van der Waals surface area contributed by atoms with Gasteiger partial charge in [0.05, 0.1) is 11.4 Å². The topological polar surface area (TPSA) is 149 Å². The zero-order chi connectivity index (χ0) is 38.6. The Bertz CT molecular complexity index is 2050. The molecule has 0 radical (unpaired) electrons. The number of hydrogen-bond acceptors (Lipinski definition) is 11. The van der Waals surface area contributed by atoms with E-state index in [0.29, 0.717) is 30.2 Å². The largest absolute Gasteiger partial charge is 0.480 e. The molecular weight excluding hydrogens is 717 g/mol. The second kappa shape index (κ2) is 19.4. The Hall–Kier alpha value is -4.89. The second-order valence-electron chi connectivity index (χ2n) is 13.4. The van der Waals surface area contributed by atoms with E-state index in [1.165, 1.54) is 20.2 Å². The van der Waals surface area contributed by atoms with E-state index in [9.17, 15) is 9.90 Å². The predicted octanol–water partition coefficient (Wildman–Crippen LogP) is 7.44. The molecule has 3 N–H and O–H groups in total. The van der Waals surface area contributed by atoms with Crippen molar-refractivity contribution in [3.8, 4) is 34.2 Å². The van der Waals surface area contributed by atoms with E-state index < -0.39 is 12.0 Å². The fraction of sp³-hybridized carbons (Fsp3) is 0.325. The van der Waals surface area contributed by atoms with Gasteiger partial charge in [-0.1, -0.05) is 76.2 Å². The van der Waals surface area contributed by atoms with Crippen LogP contribution in [0.25, 0.3) is 34.2 Å². The first-order valence-electron chi connectivity index (χ1n) is 17.8. The highest BCUT2D eigenvalue weighted by Gasteiger charge is 2.20. The first kappa shape index (κ1) is 40.3. The highest BCUT2D eigenvalue weighted by molar-refractivity contribution is 7.98. The van der Waals surface area contributed by atoms with Crippen molar-refractivity contribution in [2.45, 2.75) is 69.6 Å². The number of carboxylic acid groups (broad SMARTS) is 1. The van der Waals surface area contributed by atoms with Crippen molar-refractivity contribution < 1.29 is 9.90 Å². The molecule has 0 saturated carbocycles. The summed E-state index contributed by atoms with van der Waals surface area (Å²) in [4.78, 5) is 16.7. The van der Waals surface area contributed by atoms with Crippen LogP contribution >= 0.6 is 23.5 Å². The van der Waals surface area contributed by atoms with E-state index in [1.807, 2.05) is 80.8 Å². The Labute approximate surface area is 325 Å². The average molecular weight is 765 g/mol. The molecule has 4 aromatic carbocycles. The smallest absolute Gasteiger partial charge is 0.320 e. The number of nitrogens with zero attached hydrogens (tertiary/aromatic N) is 8. The SMILES string of the molecule is CSc1ccc(-n2nnc(-c3ccc(CNC(C(=O)O)C(C)C)cc3)n2)cc1.CSc1ccc(-n2nnc(-c3ccc(CNC(C)C(C)C)cc3)n2)cc1. The molecule has 0 saturated heterocycles. The standard InChI is InChI=1S/C20H23N5O2S.C20H25N5S/c1-13(2)18(20(26)27)21-12-14-4-6-15(7-5-14)19-22-24-25(23-19)16-8-10-17(28-3)11-9-16;1-14(2)15(3)21-13-16-5-7-17(8-6-16)20-22-24-25(23-20)18-9-11-19(26-4)12-10-18/h4-11,13,18,21H,12H2,1-3H3,(H,26,27);5-12,14-15,21H,13H2,1-4H3. The van der Waals surface area contributed by atoms with Crippen LogP contribution in [-0.4, -0.2) is 76.1 Å². The van der Waals surface area contributed by atoms with Gasteiger partial charge in [-0.05, 0) is 101 Å². The van der Waals surface area contributed by atoms with Crippen LogP contribution in [0.3, 0.4) is 0 Å².